The number of urea groups is 1. The van der Waals surface area contributed by atoms with Crippen molar-refractivity contribution in [1.82, 2.24) is 14.9 Å². The van der Waals surface area contributed by atoms with Crippen molar-refractivity contribution in [3.8, 4) is 5.69 Å². The van der Waals surface area contributed by atoms with Crippen LogP contribution in [-0.2, 0) is 4.79 Å². The monoisotopic (exact) mass is 424 g/mol. The molecule has 0 fully saturated rings. The van der Waals surface area contributed by atoms with Gasteiger partial charge in [-0.2, -0.15) is 0 Å². The number of primary amides is 1. The van der Waals surface area contributed by atoms with E-state index in [1.165, 1.54) is 0 Å². The second-order valence-electron chi connectivity index (χ2n) is 7.48. The zero-order valence-corrected chi connectivity index (χ0v) is 18.1. The number of benzene rings is 2. The summed E-state index contributed by atoms with van der Waals surface area (Å²) in [6, 6.07) is 12.0. The molecule has 0 saturated heterocycles. The maximum Gasteiger partial charge on any atom is 0.318 e. The van der Waals surface area contributed by atoms with Crippen molar-refractivity contribution >= 4 is 34.6 Å². The molecule has 3 amide bonds. The molecule has 0 saturated carbocycles. The maximum atomic E-state index is 13.4. The van der Waals surface area contributed by atoms with E-state index in [9.17, 15) is 14.4 Å². The van der Waals surface area contributed by atoms with Gasteiger partial charge in [-0.05, 0) is 49.1 Å². The molecule has 0 aliphatic heterocycles. The van der Waals surface area contributed by atoms with E-state index in [2.05, 4.69) is 5.32 Å². The van der Waals surface area contributed by atoms with Crippen LogP contribution in [0.3, 0.4) is 0 Å². The molecule has 0 aliphatic carbocycles. The molecular formula is C22H24N4O3S. The summed E-state index contributed by atoms with van der Waals surface area (Å²) >= 11 is 1.14. The number of hydrogen-bond donors (Lipinski definition) is 2. The largest absolute Gasteiger partial charge is 0.351 e. The van der Waals surface area contributed by atoms with Gasteiger partial charge in [-0.25, -0.2) is 9.78 Å². The predicted molar refractivity (Wildman–Crippen MR) is 119 cm³/mol. The summed E-state index contributed by atoms with van der Waals surface area (Å²) < 4.78 is 1.54. The normalized spacial score (nSPS) is 12.2. The molecule has 156 valence electrons. The standard InChI is InChI=1S/C22H24N4O3S/c1-12(2)18(19(27)25-21(23)29)30-22-24-16-8-6-5-7-15(16)20(28)26(22)17-11-13(3)9-10-14(17)4/h5-12,18H,1-4H3,(H3,23,25,27,29). The van der Waals surface area contributed by atoms with Crippen LogP contribution in [0, 0.1) is 19.8 Å². The van der Waals surface area contributed by atoms with Crippen molar-refractivity contribution in [1.29, 1.82) is 0 Å². The number of para-hydroxylation sites is 1. The third-order valence-electron chi connectivity index (χ3n) is 4.69. The van der Waals surface area contributed by atoms with E-state index >= 15 is 0 Å². The van der Waals surface area contributed by atoms with Crippen LogP contribution < -0.4 is 16.6 Å². The second-order valence-corrected chi connectivity index (χ2v) is 8.59. The molecule has 1 heterocycles. The quantitative estimate of drug-likeness (QED) is 0.483. The third-order valence-corrected chi connectivity index (χ3v) is 6.19. The van der Waals surface area contributed by atoms with Crippen LogP contribution in [0.1, 0.15) is 25.0 Å². The fourth-order valence-electron chi connectivity index (χ4n) is 3.16. The first-order valence-corrected chi connectivity index (χ1v) is 10.4. The highest BCUT2D eigenvalue weighted by Crippen LogP contribution is 2.30. The Hall–Kier alpha value is -3.13. The smallest absolute Gasteiger partial charge is 0.318 e. The van der Waals surface area contributed by atoms with Crippen molar-refractivity contribution in [3.05, 3.63) is 63.9 Å². The minimum Gasteiger partial charge on any atom is -0.351 e. The van der Waals surface area contributed by atoms with Crippen LogP contribution >= 0.6 is 11.8 Å². The molecule has 3 N–H and O–H groups in total. The minimum atomic E-state index is -0.912. The van der Waals surface area contributed by atoms with E-state index in [1.807, 2.05) is 52.0 Å². The predicted octanol–water partition coefficient (Wildman–Crippen LogP) is 3.31. The van der Waals surface area contributed by atoms with Gasteiger partial charge in [0, 0.05) is 0 Å². The van der Waals surface area contributed by atoms with Gasteiger partial charge in [0.25, 0.3) is 5.56 Å². The minimum absolute atomic E-state index is 0.134. The fraction of sp³-hybridized carbons (Fsp3) is 0.273. The van der Waals surface area contributed by atoms with E-state index < -0.39 is 17.2 Å². The summed E-state index contributed by atoms with van der Waals surface area (Å²) in [6.07, 6.45) is 0. The summed E-state index contributed by atoms with van der Waals surface area (Å²) in [5.41, 5.74) is 8.07. The average Bonchev–Trinajstić information content (AvgIpc) is 2.67. The van der Waals surface area contributed by atoms with Crippen LogP contribution in [-0.4, -0.2) is 26.7 Å². The molecule has 0 radical (unpaired) electrons. The fourth-order valence-corrected chi connectivity index (χ4v) is 4.27. The Balaban J connectivity index is 2.24. The van der Waals surface area contributed by atoms with Gasteiger partial charge in [0.05, 0.1) is 21.8 Å². The molecule has 1 aromatic heterocycles. The number of hydrogen-bond acceptors (Lipinski definition) is 5. The molecule has 1 unspecified atom stereocenters. The molecule has 0 aliphatic rings. The Morgan fingerprint density at radius 3 is 2.50 bits per heavy atom. The number of aryl methyl sites for hydroxylation is 2. The first-order valence-electron chi connectivity index (χ1n) is 9.55. The SMILES string of the molecule is Cc1ccc(C)c(-n2c(SC(C(=O)NC(N)=O)C(C)C)nc3ccccc3c2=O)c1. The number of aromatic nitrogens is 2. The molecule has 0 bridgehead atoms. The zero-order chi connectivity index (χ0) is 22.0. The number of amides is 3. The van der Waals surface area contributed by atoms with Crippen LogP contribution in [0.2, 0.25) is 0 Å². The van der Waals surface area contributed by atoms with Crippen LogP contribution in [0.4, 0.5) is 4.79 Å². The van der Waals surface area contributed by atoms with Crippen molar-refractivity contribution in [2.75, 3.05) is 0 Å². The highest BCUT2D eigenvalue weighted by molar-refractivity contribution is 8.00. The molecule has 3 aromatic rings. The van der Waals surface area contributed by atoms with Gasteiger partial charge in [-0.15, -0.1) is 0 Å². The second kappa shape index (κ2) is 8.71. The van der Waals surface area contributed by atoms with Crippen LogP contribution in [0.25, 0.3) is 16.6 Å². The molecule has 30 heavy (non-hydrogen) atoms. The summed E-state index contributed by atoms with van der Waals surface area (Å²) in [4.78, 5) is 41.9. The lowest BCUT2D eigenvalue weighted by Gasteiger charge is -2.21. The summed E-state index contributed by atoms with van der Waals surface area (Å²) in [6.45, 7) is 7.59. The first-order chi connectivity index (χ1) is 14.2. The molecule has 8 heteroatoms. The van der Waals surface area contributed by atoms with Crippen LogP contribution in [0.15, 0.2) is 52.4 Å². The number of fused-ring (bicyclic) bond motifs is 1. The first kappa shape index (κ1) is 21.6. The lowest BCUT2D eigenvalue weighted by atomic mass is 10.1. The van der Waals surface area contributed by atoms with E-state index in [-0.39, 0.29) is 11.5 Å². The van der Waals surface area contributed by atoms with Gasteiger partial charge in [0.2, 0.25) is 5.91 Å². The number of rotatable bonds is 5. The molecule has 2 aromatic carbocycles. The zero-order valence-electron chi connectivity index (χ0n) is 17.3. The Labute approximate surface area is 178 Å². The van der Waals surface area contributed by atoms with Crippen LogP contribution in [0.5, 0.6) is 0 Å². The molecule has 1 atom stereocenters. The number of imide groups is 1. The number of carbonyl (C=O) groups is 2. The average molecular weight is 425 g/mol. The van der Waals surface area contributed by atoms with Crippen molar-refractivity contribution in [2.24, 2.45) is 11.7 Å². The summed E-state index contributed by atoms with van der Waals surface area (Å²) in [7, 11) is 0. The molecular weight excluding hydrogens is 400 g/mol. The lowest BCUT2D eigenvalue weighted by Crippen LogP contribution is -2.42. The number of nitrogens with two attached hydrogens (primary N) is 1. The third kappa shape index (κ3) is 4.38. The van der Waals surface area contributed by atoms with Gasteiger partial charge in [0.1, 0.15) is 0 Å². The number of carbonyl (C=O) groups excluding carboxylic acids is 2. The van der Waals surface area contributed by atoms with E-state index in [0.29, 0.717) is 21.7 Å². The van der Waals surface area contributed by atoms with Gasteiger partial charge in [-0.3, -0.25) is 19.5 Å². The maximum absolute atomic E-state index is 13.4. The van der Waals surface area contributed by atoms with Crippen molar-refractivity contribution in [2.45, 2.75) is 38.1 Å². The Morgan fingerprint density at radius 2 is 1.83 bits per heavy atom. The van der Waals surface area contributed by atoms with E-state index in [4.69, 9.17) is 10.7 Å². The Bertz CT molecular complexity index is 1190. The topological polar surface area (TPSA) is 107 Å². The Kier molecular flexibility index (Phi) is 6.26. The summed E-state index contributed by atoms with van der Waals surface area (Å²) in [5, 5.41) is 2.35. The van der Waals surface area contributed by atoms with E-state index in [0.717, 1.165) is 22.9 Å². The Morgan fingerprint density at radius 1 is 1.13 bits per heavy atom. The number of nitrogens with zero attached hydrogens (tertiary/aromatic N) is 2. The molecule has 0 spiro atoms. The molecule has 7 nitrogen and oxygen atoms in total. The number of nitrogens with one attached hydrogen (secondary N) is 1. The van der Waals surface area contributed by atoms with Gasteiger partial charge >= 0.3 is 6.03 Å². The van der Waals surface area contributed by atoms with Gasteiger partial charge < -0.3 is 5.73 Å². The highest BCUT2D eigenvalue weighted by atomic mass is 32.2. The summed E-state index contributed by atoms with van der Waals surface area (Å²) in [5.74, 6) is -0.651. The highest BCUT2D eigenvalue weighted by Gasteiger charge is 2.27. The van der Waals surface area contributed by atoms with Gasteiger partial charge in [-0.1, -0.05) is 49.9 Å². The van der Waals surface area contributed by atoms with E-state index in [1.54, 1.807) is 22.8 Å². The van der Waals surface area contributed by atoms with Crippen molar-refractivity contribution in [3.63, 3.8) is 0 Å². The van der Waals surface area contributed by atoms with Gasteiger partial charge in [0.15, 0.2) is 5.16 Å². The molecule has 3 rings (SSSR count). The van der Waals surface area contributed by atoms with Crippen molar-refractivity contribution < 1.29 is 9.59 Å². The lowest BCUT2D eigenvalue weighted by molar-refractivity contribution is -0.120. The number of thioether (sulfide) groups is 1.